The molecule has 0 spiro atoms. The lowest BCUT2D eigenvalue weighted by Crippen LogP contribution is -2.45. The number of carbonyl (C=O) groups excluding carboxylic acids is 2. The Bertz CT molecular complexity index is 969. The number of amides is 2. The molecule has 2 heterocycles. The fourth-order valence-electron chi connectivity index (χ4n) is 3.45. The molecule has 1 saturated heterocycles. The second-order valence-corrected chi connectivity index (χ2v) is 8.44. The summed E-state index contributed by atoms with van der Waals surface area (Å²) in [6.45, 7) is 1.52. The van der Waals surface area contributed by atoms with E-state index in [1.54, 1.807) is 40.5 Å². The smallest absolute Gasteiger partial charge is 0.253 e. The van der Waals surface area contributed by atoms with Gasteiger partial charge in [0.15, 0.2) is 0 Å². The van der Waals surface area contributed by atoms with E-state index in [0.717, 1.165) is 28.1 Å². The number of benzene rings is 2. The number of para-hydroxylation sites is 1. The maximum atomic E-state index is 12.7. The second-order valence-electron chi connectivity index (χ2n) is 6.89. The lowest BCUT2D eigenvalue weighted by molar-refractivity contribution is -0.126. The number of halogens is 1. The van der Waals surface area contributed by atoms with E-state index in [-0.39, 0.29) is 17.7 Å². The molecule has 1 aromatic heterocycles. The zero-order chi connectivity index (χ0) is 19.5. The minimum Gasteiger partial charge on any atom is -0.349 e. The number of carbonyl (C=O) groups is 2. The highest BCUT2D eigenvalue weighted by Gasteiger charge is 2.29. The van der Waals surface area contributed by atoms with E-state index >= 15 is 0 Å². The number of rotatable bonds is 4. The third kappa shape index (κ3) is 4.18. The first kappa shape index (κ1) is 18.9. The van der Waals surface area contributed by atoms with Crippen molar-refractivity contribution in [2.24, 2.45) is 5.92 Å². The number of piperidine rings is 1. The van der Waals surface area contributed by atoms with Crippen LogP contribution in [0.2, 0.25) is 5.02 Å². The van der Waals surface area contributed by atoms with E-state index in [9.17, 15) is 9.59 Å². The molecule has 2 aromatic carbocycles. The maximum absolute atomic E-state index is 12.7. The van der Waals surface area contributed by atoms with Crippen molar-refractivity contribution in [3.05, 3.63) is 64.1 Å². The number of likely N-dealkylation sites (tertiary alicyclic amines) is 1. The first-order valence-electron chi connectivity index (χ1n) is 9.27. The Labute approximate surface area is 172 Å². The molecular weight excluding hydrogens is 394 g/mol. The number of hydrogen-bond donors (Lipinski definition) is 1. The summed E-state index contributed by atoms with van der Waals surface area (Å²) in [5.74, 6) is -0.271. The molecule has 0 bridgehead atoms. The zero-order valence-corrected chi connectivity index (χ0v) is 16.8. The van der Waals surface area contributed by atoms with E-state index in [2.05, 4.69) is 10.3 Å². The average molecular weight is 414 g/mol. The Kier molecular flexibility index (Phi) is 5.59. The normalized spacial score (nSPS) is 16.9. The van der Waals surface area contributed by atoms with Crippen LogP contribution in [-0.4, -0.2) is 34.8 Å². The SMILES string of the molecule is O=C(NCc1nc2ccccc2s1)C1CCCN(C(=O)c2ccc(Cl)cc2)C1. The first-order chi connectivity index (χ1) is 13.6. The van der Waals surface area contributed by atoms with E-state index in [0.29, 0.717) is 30.2 Å². The summed E-state index contributed by atoms with van der Waals surface area (Å²) >= 11 is 7.48. The topological polar surface area (TPSA) is 62.3 Å². The maximum Gasteiger partial charge on any atom is 0.253 e. The van der Waals surface area contributed by atoms with Crippen LogP contribution < -0.4 is 5.32 Å². The number of nitrogens with one attached hydrogen (secondary N) is 1. The lowest BCUT2D eigenvalue weighted by Gasteiger charge is -2.32. The third-order valence-electron chi connectivity index (χ3n) is 4.92. The predicted molar refractivity (Wildman–Crippen MR) is 112 cm³/mol. The third-order valence-corrected chi connectivity index (χ3v) is 6.21. The molecule has 0 radical (unpaired) electrons. The molecule has 3 aromatic rings. The highest BCUT2D eigenvalue weighted by atomic mass is 35.5. The molecule has 4 rings (SSSR count). The van der Waals surface area contributed by atoms with Gasteiger partial charge in [0.05, 0.1) is 22.7 Å². The van der Waals surface area contributed by atoms with Gasteiger partial charge in [-0.05, 0) is 49.2 Å². The minimum atomic E-state index is -0.195. The van der Waals surface area contributed by atoms with E-state index in [4.69, 9.17) is 11.6 Å². The number of thiazole rings is 1. The molecule has 1 unspecified atom stereocenters. The van der Waals surface area contributed by atoms with Crippen LogP contribution in [-0.2, 0) is 11.3 Å². The van der Waals surface area contributed by atoms with Gasteiger partial charge in [-0.25, -0.2) is 4.98 Å². The summed E-state index contributed by atoms with van der Waals surface area (Å²) < 4.78 is 1.11. The first-order valence-corrected chi connectivity index (χ1v) is 10.5. The highest BCUT2D eigenvalue weighted by Crippen LogP contribution is 2.23. The van der Waals surface area contributed by atoms with Crippen LogP contribution in [0.15, 0.2) is 48.5 Å². The molecule has 1 aliphatic rings. The number of hydrogen-bond acceptors (Lipinski definition) is 4. The molecule has 7 heteroatoms. The van der Waals surface area contributed by atoms with Crippen molar-refractivity contribution in [1.29, 1.82) is 0 Å². The van der Waals surface area contributed by atoms with Crippen molar-refractivity contribution >= 4 is 45.0 Å². The Morgan fingerprint density at radius 1 is 1.18 bits per heavy atom. The van der Waals surface area contributed by atoms with Crippen molar-refractivity contribution in [3.63, 3.8) is 0 Å². The summed E-state index contributed by atoms with van der Waals surface area (Å²) in [5.41, 5.74) is 1.55. The predicted octanol–water partition coefficient (Wildman–Crippen LogP) is 4.12. The summed E-state index contributed by atoms with van der Waals surface area (Å²) in [4.78, 5) is 31.7. The van der Waals surface area contributed by atoms with Gasteiger partial charge in [-0.2, -0.15) is 0 Å². The van der Waals surface area contributed by atoms with Crippen LogP contribution in [0.25, 0.3) is 10.2 Å². The molecule has 1 atom stereocenters. The summed E-state index contributed by atoms with van der Waals surface area (Å²) in [6, 6.07) is 14.8. The van der Waals surface area contributed by atoms with Gasteiger partial charge in [0, 0.05) is 23.7 Å². The van der Waals surface area contributed by atoms with Crippen LogP contribution >= 0.6 is 22.9 Å². The van der Waals surface area contributed by atoms with Crippen LogP contribution in [0.4, 0.5) is 0 Å². The van der Waals surface area contributed by atoms with Crippen molar-refractivity contribution in [2.45, 2.75) is 19.4 Å². The summed E-state index contributed by atoms with van der Waals surface area (Å²) in [7, 11) is 0. The summed E-state index contributed by atoms with van der Waals surface area (Å²) in [5, 5.41) is 4.48. The number of aromatic nitrogens is 1. The number of nitrogens with zero attached hydrogens (tertiary/aromatic N) is 2. The fourth-order valence-corrected chi connectivity index (χ4v) is 4.49. The average Bonchev–Trinajstić information content (AvgIpc) is 3.15. The molecule has 28 heavy (non-hydrogen) atoms. The Balaban J connectivity index is 1.36. The molecule has 1 N–H and O–H groups in total. The van der Waals surface area contributed by atoms with Crippen LogP contribution in [0, 0.1) is 5.92 Å². The molecule has 144 valence electrons. The van der Waals surface area contributed by atoms with Crippen molar-refractivity contribution < 1.29 is 9.59 Å². The van der Waals surface area contributed by atoms with Crippen LogP contribution in [0.3, 0.4) is 0 Å². The lowest BCUT2D eigenvalue weighted by atomic mass is 9.96. The van der Waals surface area contributed by atoms with Gasteiger partial charge in [0.25, 0.3) is 5.91 Å². The standard InChI is InChI=1S/C21H20ClN3O2S/c22-16-9-7-14(8-10-16)21(27)25-11-3-4-15(13-25)20(26)23-12-19-24-17-5-1-2-6-18(17)28-19/h1-2,5-10,15H,3-4,11-13H2,(H,23,26). The van der Waals surface area contributed by atoms with Gasteiger partial charge in [0.1, 0.15) is 5.01 Å². The van der Waals surface area contributed by atoms with Crippen LogP contribution in [0.1, 0.15) is 28.2 Å². The Morgan fingerprint density at radius 3 is 2.75 bits per heavy atom. The van der Waals surface area contributed by atoms with Crippen LogP contribution in [0.5, 0.6) is 0 Å². The largest absolute Gasteiger partial charge is 0.349 e. The minimum absolute atomic E-state index is 0.0205. The molecule has 1 fully saturated rings. The molecule has 0 saturated carbocycles. The van der Waals surface area contributed by atoms with E-state index in [1.165, 1.54) is 0 Å². The van der Waals surface area contributed by atoms with E-state index < -0.39 is 0 Å². The van der Waals surface area contributed by atoms with Gasteiger partial charge in [-0.15, -0.1) is 11.3 Å². The van der Waals surface area contributed by atoms with E-state index in [1.807, 2.05) is 24.3 Å². The fraction of sp³-hybridized carbons (Fsp3) is 0.286. The van der Waals surface area contributed by atoms with Crippen molar-refractivity contribution in [1.82, 2.24) is 15.2 Å². The molecule has 5 nitrogen and oxygen atoms in total. The van der Waals surface area contributed by atoms with Crippen molar-refractivity contribution in [2.75, 3.05) is 13.1 Å². The van der Waals surface area contributed by atoms with Gasteiger partial charge in [-0.3, -0.25) is 9.59 Å². The zero-order valence-electron chi connectivity index (χ0n) is 15.2. The summed E-state index contributed by atoms with van der Waals surface area (Å²) in [6.07, 6.45) is 1.61. The molecular formula is C21H20ClN3O2S. The van der Waals surface area contributed by atoms with Gasteiger partial charge in [-0.1, -0.05) is 23.7 Å². The highest BCUT2D eigenvalue weighted by molar-refractivity contribution is 7.18. The Morgan fingerprint density at radius 2 is 1.96 bits per heavy atom. The Hall–Kier alpha value is -2.44. The van der Waals surface area contributed by atoms with Gasteiger partial charge in [0.2, 0.25) is 5.91 Å². The number of fused-ring (bicyclic) bond motifs is 1. The molecule has 0 aliphatic carbocycles. The molecule has 2 amide bonds. The monoisotopic (exact) mass is 413 g/mol. The van der Waals surface area contributed by atoms with Gasteiger partial charge < -0.3 is 10.2 Å². The van der Waals surface area contributed by atoms with Gasteiger partial charge >= 0.3 is 0 Å². The second kappa shape index (κ2) is 8.29. The van der Waals surface area contributed by atoms with Crippen molar-refractivity contribution in [3.8, 4) is 0 Å². The molecule has 1 aliphatic heterocycles. The quantitative estimate of drug-likeness (QED) is 0.699.